The average Bonchev–Trinajstić information content (AvgIpc) is 3.37. The highest BCUT2D eigenvalue weighted by molar-refractivity contribution is 5.71. The Kier molecular flexibility index (Phi) is 59.1. The van der Waals surface area contributed by atoms with Crippen molar-refractivity contribution in [3.8, 4) is 0 Å². The molecule has 0 saturated heterocycles. The van der Waals surface area contributed by atoms with Crippen LogP contribution < -0.4 is 0 Å². The Morgan fingerprint density at radius 1 is 0.268 bits per heavy atom. The zero-order valence-electron chi connectivity index (χ0n) is 48.3. The van der Waals surface area contributed by atoms with Gasteiger partial charge < -0.3 is 14.2 Å². The van der Waals surface area contributed by atoms with Gasteiger partial charge in [-0.05, 0) is 44.9 Å². The third-order valence-electron chi connectivity index (χ3n) is 14.8. The first-order valence-electron chi connectivity index (χ1n) is 32.2. The van der Waals surface area contributed by atoms with Crippen LogP contribution in [0.3, 0.4) is 0 Å². The van der Waals surface area contributed by atoms with E-state index in [4.69, 9.17) is 14.2 Å². The largest absolute Gasteiger partial charge is 0.462 e. The lowest BCUT2D eigenvalue weighted by atomic mass is 10.0. The summed E-state index contributed by atoms with van der Waals surface area (Å²) in [4.78, 5) is 38.3. The number of allylic oxidation sites excluding steroid dienone is 2. The highest BCUT2D eigenvalue weighted by Crippen LogP contribution is 2.18. The van der Waals surface area contributed by atoms with Crippen LogP contribution in [0.25, 0.3) is 0 Å². The van der Waals surface area contributed by atoms with Crippen molar-refractivity contribution in [3.05, 3.63) is 12.2 Å². The maximum Gasteiger partial charge on any atom is 0.306 e. The van der Waals surface area contributed by atoms with E-state index in [-0.39, 0.29) is 31.1 Å². The first-order valence-corrected chi connectivity index (χ1v) is 32.2. The van der Waals surface area contributed by atoms with Crippen molar-refractivity contribution in [3.63, 3.8) is 0 Å². The van der Waals surface area contributed by atoms with E-state index in [0.29, 0.717) is 19.3 Å². The molecule has 0 N–H and O–H groups in total. The van der Waals surface area contributed by atoms with Gasteiger partial charge in [0.25, 0.3) is 0 Å². The van der Waals surface area contributed by atoms with E-state index < -0.39 is 6.10 Å². The molecule has 0 bridgehead atoms. The second-order valence-electron chi connectivity index (χ2n) is 22.0. The lowest BCUT2D eigenvalue weighted by Crippen LogP contribution is -2.30. The molecule has 0 aliphatic heterocycles. The molecule has 6 nitrogen and oxygen atoms in total. The highest BCUT2D eigenvalue weighted by atomic mass is 16.6. The molecule has 0 aliphatic carbocycles. The van der Waals surface area contributed by atoms with Gasteiger partial charge in [0.15, 0.2) is 6.10 Å². The molecular formula is C65H124O6. The topological polar surface area (TPSA) is 78.9 Å². The number of ether oxygens (including phenoxy) is 3. The summed E-state index contributed by atoms with van der Waals surface area (Å²) in [5, 5.41) is 0. The van der Waals surface area contributed by atoms with Gasteiger partial charge in [0.05, 0.1) is 0 Å². The molecule has 0 aliphatic rings. The second kappa shape index (κ2) is 60.7. The van der Waals surface area contributed by atoms with Crippen LogP contribution in [0.15, 0.2) is 12.2 Å². The Hall–Kier alpha value is -1.85. The number of hydrogen-bond acceptors (Lipinski definition) is 6. The van der Waals surface area contributed by atoms with Crippen molar-refractivity contribution in [2.45, 2.75) is 374 Å². The van der Waals surface area contributed by atoms with Crippen molar-refractivity contribution in [2.75, 3.05) is 13.2 Å². The summed E-state index contributed by atoms with van der Waals surface area (Å²) in [6, 6.07) is 0. The van der Waals surface area contributed by atoms with E-state index in [1.165, 1.54) is 270 Å². The molecule has 0 heterocycles. The lowest BCUT2D eigenvalue weighted by Gasteiger charge is -2.18. The van der Waals surface area contributed by atoms with Crippen LogP contribution in [0.5, 0.6) is 0 Å². The van der Waals surface area contributed by atoms with Crippen LogP contribution in [0, 0.1) is 0 Å². The smallest absolute Gasteiger partial charge is 0.306 e. The monoisotopic (exact) mass is 1000 g/mol. The molecule has 6 heteroatoms. The number of esters is 3. The van der Waals surface area contributed by atoms with Gasteiger partial charge in [-0.1, -0.05) is 315 Å². The maximum atomic E-state index is 12.9. The minimum atomic E-state index is -0.766. The summed E-state index contributed by atoms with van der Waals surface area (Å²) in [5.74, 6) is -0.834. The third-order valence-corrected chi connectivity index (χ3v) is 14.8. The van der Waals surface area contributed by atoms with Crippen LogP contribution in [0.2, 0.25) is 0 Å². The van der Waals surface area contributed by atoms with Crippen molar-refractivity contribution in [2.24, 2.45) is 0 Å². The fourth-order valence-electron chi connectivity index (χ4n) is 9.91. The van der Waals surface area contributed by atoms with Crippen LogP contribution in [0.1, 0.15) is 367 Å². The van der Waals surface area contributed by atoms with Crippen LogP contribution >= 0.6 is 0 Å². The zero-order chi connectivity index (χ0) is 51.4. The molecule has 0 unspecified atom stereocenters. The van der Waals surface area contributed by atoms with Gasteiger partial charge >= 0.3 is 17.9 Å². The van der Waals surface area contributed by atoms with Crippen molar-refractivity contribution in [1.29, 1.82) is 0 Å². The van der Waals surface area contributed by atoms with Crippen molar-refractivity contribution < 1.29 is 28.6 Å². The predicted octanol–water partition coefficient (Wildman–Crippen LogP) is 21.7. The normalized spacial score (nSPS) is 12.0. The Balaban J connectivity index is 4.30. The van der Waals surface area contributed by atoms with Gasteiger partial charge in [-0.2, -0.15) is 0 Å². The van der Waals surface area contributed by atoms with Gasteiger partial charge in [0, 0.05) is 19.3 Å². The number of rotatable bonds is 60. The van der Waals surface area contributed by atoms with Crippen LogP contribution in [-0.4, -0.2) is 37.2 Å². The fourth-order valence-corrected chi connectivity index (χ4v) is 9.91. The van der Waals surface area contributed by atoms with Crippen molar-refractivity contribution in [1.82, 2.24) is 0 Å². The molecule has 0 saturated carbocycles. The van der Waals surface area contributed by atoms with Gasteiger partial charge in [0.2, 0.25) is 0 Å². The summed E-state index contributed by atoms with van der Waals surface area (Å²) in [6.07, 6.45) is 70.7. The number of carbonyl (C=O) groups is 3. The number of carbonyl (C=O) groups excluding carboxylic acids is 3. The molecule has 0 amide bonds. The minimum absolute atomic E-state index is 0.0637. The Bertz CT molecular complexity index is 1100. The van der Waals surface area contributed by atoms with Gasteiger partial charge in [-0.25, -0.2) is 0 Å². The molecule has 0 aromatic rings. The lowest BCUT2D eigenvalue weighted by molar-refractivity contribution is -0.167. The first kappa shape index (κ1) is 69.2. The number of unbranched alkanes of at least 4 members (excludes halogenated alkanes) is 47. The average molecular weight is 1000 g/mol. The van der Waals surface area contributed by atoms with E-state index in [2.05, 4.69) is 32.9 Å². The molecule has 0 aromatic heterocycles. The summed E-state index contributed by atoms with van der Waals surface area (Å²) in [7, 11) is 0. The zero-order valence-corrected chi connectivity index (χ0v) is 48.3. The quantitative estimate of drug-likeness (QED) is 0.0261. The number of hydrogen-bond donors (Lipinski definition) is 0. The molecule has 0 rings (SSSR count). The summed E-state index contributed by atoms with van der Waals surface area (Å²) >= 11 is 0. The van der Waals surface area contributed by atoms with E-state index in [9.17, 15) is 14.4 Å². The molecule has 1 atom stereocenters. The summed E-state index contributed by atoms with van der Waals surface area (Å²) in [6.45, 7) is 6.72. The predicted molar refractivity (Wildman–Crippen MR) is 307 cm³/mol. The highest BCUT2D eigenvalue weighted by Gasteiger charge is 2.19. The molecule has 0 fully saturated rings. The molecule has 0 aromatic carbocycles. The van der Waals surface area contributed by atoms with E-state index in [0.717, 1.165) is 57.8 Å². The standard InChI is InChI=1S/C65H124O6/c1-4-7-10-13-16-19-22-25-28-31-33-35-37-40-43-46-49-52-55-58-64(67)70-61-62(60-69-63(66)57-54-51-48-45-42-39-36-30-27-24-21-18-15-12-9-6-3)71-65(68)59-56-53-50-47-44-41-38-34-32-29-26-23-20-17-14-11-8-5-2/h25,28,62H,4-24,26-27,29-61H2,1-3H3/b28-25+/t62-/m1/s1. The van der Waals surface area contributed by atoms with E-state index >= 15 is 0 Å². The molecule has 0 radical (unpaired) electrons. The van der Waals surface area contributed by atoms with E-state index in [1.54, 1.807) is 0 Å². The Morgan fingerprint density at radius 2 is 0.465 bits per heavy atom. The Labute approximate surface area is 443 Å². The third kappa shape index (κ3) is 58.9. The van der Waals surface area contributed by atoms with Crippen molar-refractivity contribution >= 4 is 17.9 Å². The first-order chi connectivity index (χ1) is 35.0. The Morgan fingerprint density at radius 3 is 0.704 bits per heavy atom. The van der Waals surface area contributed by atoms with Crippen LogP contribution in [0.4, 0.5) is 0 Å². The van der Waals surface area contributed by atoms with Gasteiger partial charge in [-0.15, -0.1) is 0 Å². The van der Waals surface area contributed by atoms with Gasteiger partial charge in [-0.3, -0.25) is 14.4 Å². The van der Waals surface area contributed by atoms with E-state index in [1.807, 2.05) is 0 Å². The molecule has 0 spiro atoms. The summed E-state index contributed by atoms with van der Waals surface area (Å²) in [5.41, 5.74) is 0. The SMILES string of the molecule is CCCCCCCC/C=C/CCCCCCCCCCCC(=O)OC[C@@H](COC(=O)CCCCCCCCCCCCCCCCCC)OC(=O)CCCCCCCCCCCCCCCCCCCC. The minimum Gasteiger partial charge on any atom is -0.462 e. The molecule has 420 valence electrons. The second-order valence-corrected chi connectivity index (χ2v) is 22.0. The fraction of sp³-hybridized carbons (Fsp3) is 0.923. The van der Waals surface area contributed by atoms with Gasteiger partial charge in [0.1, 0.15) is 13.2 Å². The maximum absolute atomic E-state index is 12.9. The molecule has 71 heavy (non-hydrogen) atoms. The van der Waals surface area contributed by atoms with Crippen LogP contribution in [-0.2, 0) is 28.6 Å². The summed E-state index contributed by atoms with van der Waals surface area (Å²) < 4.78 is 17.0. The molecular weight excluding hydrogens is 877 g/mol.